The molecule has 0 saturated carbocycles. The summed E-state index contributed by atoms with van der Waals surface area (Å²) >= 11 is 0. The highest BCUT2D eigenvalue weighted by molar-refractivity contribution is 5.70. The Bertz CT molecular complexity index is 991. The van der Waals surface area contributed by atoms with Gasteiger partial charge in [-0.05, 0) is 57.7 Å². The van der Waals surface area contributed by atoms with Crippen molar-refractivity contribution in [2.75, 3.05) is 18.4 Å². The summed E-state index contributed by atoms with van der Waals surface area (Å²) < 4.78 is 46.8. The second kappa shape index (κ2) is 7.35. The van der Waals surface area contributed by atoms with Crippen LogP contribution in [0.5, 0.6) is 0 Å². The molecule has 1 atom stereocenters. The largest absolute Gasteiger partial charge is 0.444 e. The highest BCUT2D eigenvalue weighted by Gasteiger charge is 2.45. The molecular formula is C21H24F3N5O2. The average Bonchev–Trinajstić information content (AvgIpc) is 3.09. The van der Waals surface area contributed by atoms with Crippen molar-refractivity contribution in [2.24, 2.45) is 0 Å². The number of alkyl halides is 3. The van der Waals surface area contributed by atoms with E-state index in [1.54, 1.807) is 31.7 Å². The Labute approximate surface area is 178 Å². The minimum absolute atomic E-state index is 0.0117. The smallest absolute Gasteiger partial charge is 0.434 e. The molecule has 0 radical (unpaired) electrons. The van der Waals surface area contributed by atoms with Gasteiger partial charge in [-0.1, -0.05) is 0 Å². The molecule has 1 saturated heterocycles. The van der Waals surface area contributed by atoms with Crippen LogP contribution in [0, 0.1) is 0 Å². The number of carbonyl (C=O) groups excluding carboxylic acids is 1. The average molecular weight is 435 g/mol. The van der Waals surface area contributed by atoms with E-state index in [2.05, 4.69) is 20.3 Å². The van der Waals surface area contributed by atoms with E-state index in [4.69, 9.17) is 4.74 Å². The molecule has 0 bridgehead atoms. The van der Waals surface area contributed by atoms with E-state index in [9.17, 15) is 18.0 Å². The number of hydrogen-bond donors (Lipinski definition) is 1. The van der Waals surface area contributed by atoms with Crippen LogP contribution in [0.3, 0.4) is 0 Å². The van der Waals surface area contributed by atoms with Crippen molar-refractivity contribution in [1.82, 2.24) is 19.9 Å². The molecular weight excluding hydrogens is 411 g/mol. The highest BCUT2D eigenvalue weighted by Crippen LogP contribution is 2.41. The maximum atomic E-state index is 13.8. The number of aryl methyl sites for hydroxylation is 1. The SMILES string of the molecule is CC(C)(C)OC(=O)N1CCC2(CCc3cc(-c4ncccn4)c(C(F)(F)F)nc3N2)C1. The van der Waals surface area contributed by atoms with Crippen LogP contribution in [0.1, 0.15) is 44.9 Å². The van der Waals surface area contributed by atoms with E-state index in [0.717, 1.165) is 0 Å². The number of amides is 1. The van der Waals surface area contributed by atoms with E-state index in [1.165, 1.54) is 18.5 Å². The fourth-order valence-corrected chi connectivity index (χ4v) is 4.03. The van der Waals surface area contributed by atoms with Crippen molar-refractivity contribution in [3.05, 3.63) is 35.8 Å². The first-order valence-corrected chi connectivity index (χ1v) is 10.1. The van der Waals surface area contributed by atoms with Crippen molar-refractivity contribution in [3.8, 4) is 11.4 Å². The lowest BCUT2D eigenvalue weighted by Gasteiger charge is -2.36. The molecule has 7 nitrogen and oxygen atoms in total. The molecule has 166 valence electrons. The molecule has 2 aliphatic heterocycles. The second-order valence-electron chi connectivity index (χ2n) is 9.02. The van der Waals surface area contributed by atoms with Gasteiger partial charge in [0.15, 0.2) is 11.5 Å². The molecule has 1 unspecified atom stereocenters. The van der Waals surface area contributed by atoms with Crippen LogP contribution in [0.25, 0.3) is 11.4 Å². The van der Waals surface area contributed by atoms with E-state index in [0.29, 0.717) is 37.9 Å². The summed E-state index contributed by atoms with van der Waals surface area (Å²) in [5.41, 5.74) is -1.62. The Morgan fingerprint density at radius 3 is 2.55 bits per heavy atom. The molecule has 4 heterocycles. The summed E-state index contributed by atoms with van der Waals surface area (Å²) in [5.74, 6) is 0.187. The summed E-state index contributed by atoms with van der Waals surface area (Å²) in [5, 5.41) is 3.21. The Kier molecular flexibility index (Phi) is 5.06. The van der Waals surface area contributed by atoms with Gasteiger partial charge in [-0.2, -0.15) is 13.2 Å². The molecule has 1 fully saturated rings. The normalized spacial score (nSPS) is 21.0. The van der Waals surface area contributed by atoms with Crippen LogP contribution in [-0.4, -0.2) is 50.2 Å². The molecule has 10 heteroatoms. The second-order valence-corrected chi connectivity index (χ2v) is 9.02. The molecule has 2 aliphatic rings. The van der Waals surface area contributed by atoms with Crippen molar-refractivity contribution in [3.63, 3.8) is 0 Å². The van der Waals surface area contributed by atoms with Crippen LogP contribution in [0.4, 0.5) is 23.8 Å². The summed E-state index contributed by atoms with van der Waals surface area (Å²) in [4.78, 5) is 25.9. The number of ether oxygens (including phenoxy) is 1. The van der Waals surface area contributed by atoms with E-state index < -0.39 is 29.1 Å². The molecule has 31 heavy (non-hydrogen) atoms. The lowest BCUT2D eigenvalue weighted by Crippen LogP contribution is -2.46. The molecule has 0 aromatic carbocycles. The minimum atomic E-state index is -4.66. The van der Waals surface area contributed by atoms with Gasteiger partial charge in [0.25, 0.3) is 0 Å². The number of nitrogens with zero attached hydrogens (tertiary/aromatic N) is 4. The Hall–Kier alpha value is -2.91. The summed E-state index contributed by atoms with van der Waals surface area (Å²) in [7, 11) is 0. The number of hydrogen-bond acceptors (Lipinski definition) is 6. The fourth-order valence-electron chi connectivity index (χ4n) is 4.03. The molecule has 2 aromatic rings. The first-order chi connectivity index (χ1) is 14.5. The molecule has 1 amide bonds. The summed E-state index contributed by atoms with van der Waals surface area (Å²) in [6.07, 6.45) is -0.460. The predicted octanol–water partition coefficient (Wildman–Crippen LogP) is 4.30. The maximum Gasteiger partial charge on any atom is 0.434 e. The summed E-state index contributed by atoms with van der Waals surface area (Å²) in [6, 6.07) is 3.02. The number of likely N-dealkylation sites (tertiary alicyclic amines) is 1. The van der Waals surface area contributed by atoms with Crippen molar-refractivity contribution in [1.29, 1.82) is 0 Å². The topological polar surface area (TPSA) is 80.2 Å². The lowest BCUT2D eigenvalue weighted by molar-refractivity contribution is -0.140. The number of nitrogens with one attached hydrogen (secondary N) is 1. The van der Waals surface area contributed by atoms with Crippen molar-refractivity contribution >= 4 is 11.9 Å². The zero-order chi connectivity index (χ0) is 22.4. The van der Waals surface area contributed by atoms with Gasteiger partial charge >= 0.3 is 12.3 Å². The lowest BCUT2D eigenvalue weighted by atomic mass is 9.86. The standard InChI is InChI=1S/C21H24F3N5O2/c1-19(2,3)31-18(30)29-10-7-20(12-29)6-5-13-11-14(17-25-8-4-9-26-17)15(21(22,23)24)27-16(13)28-20/h4,8-9,11H,5-7,10,12H2,1-3H3,(H,27,28). The third-order valence-corrected chi connectivity index (χ3v) is 5.44. The van der Waals surface area contributed by atoms with Gasteiger partial charge in [0.05, 0.1) is 11.1 Å². The van der Waals surface area contributed by atoms with E-state index in [1.807, 2.05) is 0 Å². The Morgan fingerprint density at radius 1 is 1.19 bits per heavy atom. The Morgan fingerprint density at radius 2 is 1.90 bits per heavy atom. The van der Waals surface area contributed by atoms with Crippen LogP contribution >= 0.6 is 0 Å². The molecule has 1 N–H and O–H groups in total. The molecule has 1 spiro atoms. The van der Waals surface area contributed by atoms with Crippen LogP contribution in [0.2, 0.25) is 0 Å². The first-order valence-electron chi connectivity index (χ1n) is 10.1. The Balaban J connectivity index is 1.62. The number of anilines is 1. The number of halogens is 3. The molecule has 2 aromatic heterocycles. The highest BCUT2D eigenvalue weighted by atomic mass is 19.4. The number of pyridine rings is 1. The predicted molar refractivity (Wildman–Crippen MR) is 107 cm³/mol. The number of fused-ring (bicyclic) bond motifs is 1. The maximum absolute atomic E-state index is 13.8. The van der Waals surface area contributed by atoms with Crippen molar-refractivity contribution in [2.45, 2.75) is 57.3 Å². The van der Waals surface area contributed by atoms with Gasteiger partial charge in [-0.3, -0.25) is 0 Å². The number of aromatic nitrogens is 3. The monoisotopic (exact) mass is 435 g/mol. The molecule has 4 rings (SSSR count). The van der Waals surface area contributed by atoms with Gasteiger partial charge in [0.1, 0.15) is 11.4 Å². The summed E-state index contributed by atoms with van der Waals surface area (Å²) in [6.45, 7) is 6.21. The van der Waals surface area contributed by atoms with Crippen LogP contribution < -0.4 is 5.32 Å². The zero-order valence-corrected chi connectivity index (χ0v) is 17.6. The fraction of sp³-hybridized carbons (Fsp3) is 0.524. The molecule has 0 aliphatic carbocycles. The first kappa shape index (κ1) is 21.3. The van der Waals surface area contributed by atoms with Gasteiger partial charge in [0.2, 0.25) is 0 Å². The van der Waals surface area contributed by atoms with Crippen molar-refractivity contribution < 1.29 is 22.7 Å². The van der Waals surface area contributed by atoms with Gasteiger partial charge in [-0.25, -0.2) is 19.7 Å². The van der Waals surface area contributed by atoms with Gasteiger partial charge in [-0.15, -0.1) is 0 Å². The number of carbonyl (C=O) groups is 1. The quantitative estimate of drug-likeness (QED) is 0.720. The minimum Gasteiger partial charge on any atom is -0.444 e. The van der Waals surface area contributed by atoms with E-state index >= 15 is 0 Å². The van der Waals surface area contributed by atoms with Crippen LogP contribution in [-0.2, 0) is 17.3 Å². The third kappa shape index (κ3) is 4.42. The third-order valence-electron chi connectivity index (χ3n) is 5.44. The number of rotatable bonds is 1. The van der Waals surface area contributed by atoms with Gasteiger partial charge < -0.3 is 15.0 Å². The zero-order valence-electron chi connectivity index (χ0n) is 17.6. The van der Waals surface area contributed by atoms with E-state index in [-0.39, 0.29) is 17.2 Å². The van der Waals surface area contributed by atoms with Gasteiger partial charge in [0, 0.05) is 25.5 Å². The van der Waals surface area contributed by atoms with Crippen LogP contribution in [0.15, 0.2) is 24.5 Å².